The van der Waals surface area contributed by atoms with E-state index in [1.54, 1.807) is 0 Å². The van der Waals surface area contributed by atoms with E-state index in [1.165, 1.54) is 58.2 Å². The summed E-state index contributed by atoms with van der Waals surface area (Å²) >= 11 is 0. The van der Waals surface area contributed by atoms with Gasteiger partial charge in [0.2, 0.25) is 5.91 Å². The molecule has 4 nitrogen and oxygen atoms in total. The summed E-state index contributed by atoms with van der Waals surface area (Å²) in [6.45, 7) is 7.39. The molecular formula is C16H29N3O. The first-order valence-corrected chi connectivity index (χ1v) is 8.52. The predicted molar refractivity (Wildman–Crippen MR) is 80.6 cm³/mol. The molecule has 1 saturated carbocycles. The van der Waals surface area contributed by atoms with Crippen LogP contribution >= 0.6 is 0 Å². The highest BCUT2D eigenvalue weighted by Crippen LogP contribution is 2.27. The largest absolute Gasteiger partial charge is 0.342 e. The maximum Gasteiger partial charge on any atom is 0.236 e. The molecular weight excluding hydrogens is 250 g/mol. The number of likely N-dealkylation sites (tertiary alicyclic amines) is 2. The number of rotatable bonds is 6. The van der Waals surface area contributed by atoms with Gasteiger partial charge in [0.1, 0.15) is 0 Å². The predicted octanol–water partition coefficient (Wildman–Crippen LogP) is 1.32. The van der Waals surface area contributed by atoms with Gasteiger partial charge < -0.3 is 15.1 Å². The zero-order chi connectivity index (χ0) is 13.8. The number of hydrogen-bond donors (Lipinski definition) is 1. The third-order valence-corrected chi connectivity index (χ3v) is 5.09. The van der Waals surface area contributed by atoms with E-state index < -0.39 is 0 Å². The third kappa shape index (κ3) is 4.19. The summed E-state index contributed by atoms with van der Waals surface area (Å²) in [6.07, 6.45) is 7.86. The molecule has 2 saturated heterocycles. The fourth-order valence-corrected chi connectivity index (χ4v) is 3.51. The fourth-order valence-electron chi connectivity index (χ4n) is 3.51. The van der Waals surface area contributed by atoms with E-state index in [1.807, 2.05) is 0 Å². The first-order valence-electron chi connectivity index (χ1n) is 8.52. The zero-order valence-corrected chi connectivity index (χ0v) is 12.6. The summed E-state index contributed by atoms with van der Waals surface area (Å²) in [5.74, 6) is 1.98. The number of amides is 1. The van der Waals surface area contributed by atoms with Crippen LogP contribution in [-0.4, -0.2) is 61.5 Å². The molecule has 0 radical (unpaired) electrons. The van der Waals surface area contributed by atoms with Crippen molar-refractivity contribution in [2.24, 2.45) is 11.8 Å². The van der Waals surface area contributed by atoms with Gasteiger partial charge in [-0.2, -0.15) is 0 Å². The molecule has 0 unspecified atom stereocenters. The van der Waals surface area contributed by atoms with E-state index in [0.29, 0.717) is 12.5 Å². The van der Waals surface area contributed by atoms with Crippen molar-refractivity contribution in [1.29, 1.82) is 0 Å². The number of nitrogens with one attached hydrogen (secondary N) is 1. The molecule has 3 rings (SSSR count). The molecule has 1 amide bonds. The maximum atomic E-state index is 12.1. The van der Waals surface area contributed by atoms with Gasteiger partial charge in [0.25, 0.3) is 0 Å². The standard InChI is InChI=1S/C16H29N3O/c20-16(12-17-11-14-3-4-14)19-9-5-15(6-10-19)13-18-7-1-2-8-18/h14-15,17H,1-13H2. The monoisotopic (exact) mass is 279 g/mol. The van der Waals surface area contributed by atoms with Crippen molar-refractivity contribution in [3.8, 4) is 0 Å². The highest BCUT2D eigenvalue weighted by Gasteiger charge is 2.25. The number of carbonyl (C=O) groups is 1. The van der Waals surface area contributed by atoms with Crippen LogP contribution in [0.4, 0.5) is 0 Å². The van der Waals surface area contributed by atoms with Gasteiger partial charge >= 0.3 is 0 Å². The Morgan fingerprint density at radius 2 is 1.65 bits per heavy atom. The van der Waals surface area contributed by atoms with Crippen molar-refractivity contribution in [1.82, 2.24) is 15.1 Å². The number of piperidine rings is 1. The van der Waals surface area contributed by atoms with Crippen molar-refractivity contribution in [2.45, 2.75) is 38.5 Å². The van der Waals surface area contributed by atoms with Gasteiger partial charge in [-0.05, 0) is 70.0 Å². The van der Waals surface area contributed by atoms with Crippen molar-refractivity contribution < 1.29 is 4.79 Å². The minimum atomic E-state index is 0.310. The molecule has 0 atom stereocenters. The lowest BCUT2D eigenvalue weighted by atomic mass is 9.96. The first kappa shape index (κ1) is 14.3. The van der Waals surface area contributed by atoms with Crippen molar-refractivity contribution in [3.63, 3.8) is 0 Å². The van der Waals surface area contributed by atoms with E-state index in [-0.39, 0.29) is 0 Å². The summed E-state index contributed by atoms with van der Waals surface area (Å²) in [6, 6.07) is 0. The number of nitrogens with zero attached hydrogens (tertiary/aromatic N) is 2. The van der Waals surface area contributed by atoms with E-state index in [2.05, 4.69) is 15.1 Å². The molecule has 2 aliphatic heterocycles. The molecule has 1 aliphatic carbocycles. The minimum Gasteiger partial charge on any atom is -0.342 e. The van der Waals surface area contributed by atoms with Crippen molar-refractivity contribution >= 4 is 5.91 Å². The van der Waals surface area contributed by atoms with Crippen LogP contribution in [0.25, 0.3) is 0 Å². The second kappa shape index (κ2) is 6.90. The van der Waals surface area contributed by atoms with Crippen molar-refractivity contribution in [2.75, 3.05) is 45.8 Å². The Kier molecular flexibility index (Phi) is 4.94. The van der Waals surface area contributed by atoms with Gasteiger partial charge in [0, 0.05) is 19.6 Å². The quantitative estimate of drug-likeness (QED) is 0.796. The third-order valence-electron chi connectivity index (χ3n) is 5.09. The van der Waals surface area contributed by atoms with Gasteiger partial charge in [-0.15, -0.1) is 0 Å². The fraction of sp³-hybridized carbons (Fsp3) is 0.938. The van der Waals surface area contributed by atoms with Crippen LogP contribution in [-0.2, 0) is 4.79 Å². The Morgan fingerprint density at radius 1 is 0.950 bits per heavy atom. The Balaban J connectivity index is 1.31. The average Bonchev–Trinajstić information content (AvgIpc) is 3.15. The van der Waals surface area contributed by atoms with Crippen molar-refractivity contribution in [3.05, 3.63) is 0 Å². The summed E-state index contributed by atoms with van der Waals surface area (Å²) in [5.41, 5.74) is 0. The summed E-state index contributed by atoms with van der Waals surface area (Å²) in [5, 5.41) is 3.31. The molecule has 0 aromatic carbocycles. The molecule has 3 fully saturated rings. The highest BCUT2D eigenvalue weighted by atomic mass is 16.2. The summed E-state index contributed by atoms with van der Waals surface area (Å²) < 4.78 is 0. The molecule has 1 N–H and O–H groups in total. The molecule has 114 valence electrons. The maximum absolute atomic E-state index is 12.1. The van der Waals surface area contributed by atoms with Gasteiger partial charge in [-0.3, -0.25) is 4.79 Å². The van der Waals surface area contributed by atoms with Gasteiger partial charge in [-0.1, -0.05) is 0 Å². The van der Waals surface area contributed by atoms with Gasteiger partial charge in [0.15, 0.2) is 0 Å². The summed E-state index contributed by atoms with van der Waals surface area (Å²) in [7, 11) is 0. The smallest absolute Gasteiger partial charge is 0.236 e. The molecule has 4 heteroatoms. The Hall–Kier alpha value is -0.610. The second-order valence-electron chi connectivity index (χ2n) is 6.91. The van der Waals surface area contributed by atoms with Crippen LogP contribution < -0.4 is 5.32 Å². The van der Waals surface area contributed by atoms with Gasteiger partial charge in [0.05, 0.1) is 6.54 Å². The molecule has 2 heterocycles. The normalized spacial score (nSPS) is 25.3. The molecule has 0 aromatic heterocycles. The number of carbonyl (C=O) groups excluding carboxylic acids is 1. The average molecular weight is 279 g/mol. The topological polar surface area (TPSA) is 35.6 Å². The van der Waals surface area contributed by atoms with Crippen LogP contribution in [0.3, 0.4) is 0 Å². The second-order valence-corrected chi connectivity index (χ2v) is 6.91. The van der Waals surface area contributed by atoms with Crippen LogP contribution in [0, 0.1) is 11.8 Å². The molecule has 0 bridgehead atoms. The molecule has 0 spiro atoms. The van der Waals surface area contributed by atoms with E-state index in [0.717, 1.165) is 31.5 Å². The van der Waals surface area contributed by atoms with E-state index in [9.17, 15) is 4.79 Å². The molecule has 20 heavy (non-hydrogen) atoms. The minimum absolute atomic E-state index is 0.310. The summed E-state index contributed by atoms with van der Waals surface area (Å²) in [4.78, 5) is 16.8. The highest BCUT2D eigenvalue weighted by molar-refractivity contribution is 5.78. The Morgan fingerprint density at radius 3 is 2.30 bits per heavy atom. The van der Waals surface area contributed by atoms with E-state index in [4.69, 9.17) is 0 Å². The van der Waals surface area contributed by atoms with Crippen LogP contribution in [0.1, 0.15) is 38.5 Å². The van der Waals surface area contributed by atoms with Crippen LogP contribution in [0.2, 0.25) is 0 Å². The van der Waals surface area contributed by atoms with E-state index >= 15 is 0 Å². The van der Waals surface area contributed by atoms with Gasteiger partial charge in [-0.25, -0.2) is 0 Å². The first-order chi connectivity index (χ1) is 9.81. The zero-order valence-electron chi connectivity index (χ0n) is 12.6. The Bertz CT molecular complexity index is 316. The lowest BCUT2D eigenvalue weighted by molar-refractivity contribution is -0.131. The lowest BCUT2D eigenvalue weighted by Gasteiger charge is -2.34. The van der Waals surface area contributed by atoms with Crippen LogP contribution in [0.5, 0.6) is 0 Å². The molecule has 0 aromatic rings. The van der Waals surface area contributed by atoms with Crippen LogP contribution in [0.15, 0.2) is 0 Å². The lowest BCUT2D eigenvalue weighted by Crippen LogP contribution is -2.44. The SMILES string of the molecule is O=C(CNCC1CC1)N1CCC(CN2CCCC2)CC1. The number of hydrogen-bond acceptors (Lipinski definition) is 3. The Labute approximate surface area is 122 Å². The molecule has 3 aliphatic rings.